The lowest BCUT2D eigenvalue weighted by atomic mass is 9.77. The number of imide groups is 1. The zero-order chi connectivity index (χ0) is 62.4. The standard InChI is InChI=1S/C38H47N3O16S4.3C6H15N/c1-37(2)28-24-26(60(51,52)53)13-15-30(28)39(20-8-22-58(45,46)47)32(37)10-7-11-33-38(3,19-6-4-5-12-36(44)57-41-34(42)17-18-35(41)43)29-25-27(61(54,55)56)14-16-31(29)40(33)21-9-23-59(48,49)50;3*1-4-7(5-2)6-3/h7,10-11,13-16,24-25H,4-6,8-9,12,17-23H2,1-3H3,(H3-,45,46,47,48,49,50,51,52,53,54,55,56);3*4-6H2,1-3H3. The number of carbonyl (C=O) groups is 3. The molecule has 1 atom stereocenters. The molecule has 3 heterocycles. The summed E-state index contributed by atoms with van der Waals surface area (Å²) >= 11 is 0. The first kappa shape index (κ1) is 73.6. The second-order valence-electron chi connectivity index (χ2n) is 20.6. The molecule has 3 aliphatic rings. The van der Waals surface area contributed by atoms with Crippen LogP contribution in [0, 0.1) is 0 Å². The Morgan fingerprint density at radius 3 is 1.57 bits per heavy atom. The average Bonchev–Trinajstić information content (AvgIpc) is 4.18. The van der Waals surface area contributed by atoms with Crippen LogP contribution in [0.25, 0.3) is 0 Å². The SMILES string of the molecule is CC1(C)C(/C=C/C=C2\N(CCCS(=O)(=O)[O-])c3ccc(S(=O)(=O)O)cc3C2(C)CCCCCC(=O)ON2C(=O)CCC2=O)=[N+](CCCS(=O)(=O)O)c2ccc(S(=O)(=O)O)cc21.CCN(CC)CC.CCN(CC)CC.CCN(CC)CC. The van der Waals surface area contributed by atoms with Gasteiger partial charge in [0.1, 0.15) is 6.54 Å². The molecule has 1 unspecified atom stereocenters. The van der Waals surface area contributed by atoms with Gasteiger partial charge in [0.25, 0.3) is 42.2 Å². The number of hydrogen-bond acceptors (Lipinski definition) is 17. The third kappa shape index (κ3) is 22.2. The summed E-state index contributed by atoms with van der Waals surface area (Å²) in [5, 5.41) is 0.460. The van der Waals surface area contributed by atoms with E-state index in [4.69, 9.17) is 4.84 Å². The van der Waals surface area contributed by atoms with Crippen molar-refractivity contribution in [2.75, 3.05) is 88.4 Å². The smallest absolute Gasteiger partial charge is 0.333 e. The summed E-state index contributed by atoms with van der Waals surface area (Å²) < 4.78 is 138. The van der Waals surface area contributed by atoms with Gasteiger partial charge in [-0.15, -0.1) is 5.06 Å². The van der Waals surface area contributed by atoms with Crippen LogP contribution in [-0.2, 0) is 70.5 Å². The van der Waals surface area contributed by atoms with E-state index in [0.717, 1.165) is 0 Å². The number of nitrogens with zero attached hydrogens (tertiary/aromatic N) is 6. The third-order valence-corrected chi connectivity index (χ3v) is 18.3. The van der Waals surface area contributed by atoms with Crippen LogP contribution in [0.3, 0.4) is 0 Å². The maximum absolute atomic E-state index is 12.4. The van der Waals surface area contributed by atoms with Crippen molar-refractivity contribution in [2.45, 2.75) is 161 Å². The van der Waals surface area contributed by atoms with Crippen molar-refractivity contribution in [3.8, 4) is 0 Å². The summed E-state index contributed by atoms with van der Waals surface area (Å²) in [6, 6.07) is 7.94. The van der Waals surface area contributed by atoms with Gasteiger partial charge < -0.3 is 29.0 Å². The fourth-order valence-electron chi connectivity index (χ4n) is 10.0. The van der Waals surface area contributed by atoms with Crippen LogP contribution >= 0.6 is 0 Å². The molecule has 2 amide bonds. The summed E-state index contributed by atoms with van der Waals surface area (Å²) in [6.45, 7) is 35.8. The lowest BCUT2D eigenvalue weighted by Gasteiger charge is -2.31. The summed E-state index contributed by atoms with van der Waals surface area (Å²) in [7, 11) is -18.3. The van der Waals surface area contributed by atoms with Crippen LogP contribution in [0.5, 0.6) is 0 Å². The molecule has 0 saturated carbocycles. The zero-order valence-corrected chi connectivity index (χ0v) is 53.5. The summed E-state index contributed by atoms with van der Waals surface area (Å²) in [5.41, 5.74) is 0.995. The largest absolute Gasteiger partial charge is 0.748 e. The number of allylic oxidation sites excluding steroid dienone is 4. The van der Waals surface area contributed by atoms with Gasteiger partial charge in [-0.25, -0.2) is 13.2 Å². The molecule has 1 fully saturated rings. The predicted octanol–water partition coefficient (Wildman–Crippen LogP) is 7.59. The molecule has 0 aliphatic carbocycles. The Balaban J connectivity index is 0.000000923. The monoisotopic (exact) mass is 1230 g/mol. The minimum atomic E-state index is -4.70. The van der Waals surface area contributed by atoms with E-state index in [1.165, 1.54) is 95.3 Å². The number of fused-ring (bicyclic) bond motifs is 2. The van der Waals surface area contributed by atoms with Gasteiger partial charge in [-0.05, 0) is 141 Å². The quantitative estimate of drug-likeness (QED) is 0.0320. The van der Waals surface area contributed by atoms with Gasteiger partial charge in [-0.2, -0.15) is 29.8 Å². The van der Waals surface area contributed by atoms with Gasteiger partial charge in [-0.1, -0.05) is 81.2 Å². The van der Waals surface area contributed by atoms with E-state index in [1.807, 2.05) is 6.92 Å². The zero-order valence-electron chi connectivity index (χ0n) is 50.2. The normalized spacial score (nSPS) is 17.5. The second kappa shape index (κ2) is 33.3. The van der Waals surface area contributed by atoms with E-state index in [9.17, 15) is 66.3 Å². The fourth-order valence-corrected chi connectivity index (χ4v) is 12.0. The first-order chi connectivity index (χ1) is 38.2. The number of unbranched alkanes of at least 4 members (excludes halogenated alkanes) is 2. The maximum atomic E-state index is 12.4. The van der Waals surface area contributed by atoms with Crippen LogP contribution < -0.4 is 4.90 Å². The Morgan fingerprint density at radius 1 is 0.659 bits per heavy atom. The molecule has 82 heavy (non-hydrogen) atoms. The lowest BCUT2D eigenvalue weighted by molar-refractivity contribution is -0.437. The summed E-state index contributed by atoms with van der Waals surface area (Å²) in [6.07, 6.45) is 6.09. The van der Waals surface area contributed by atoms with E-state index in [0.29, 0.717) is 58.2 Å². The molecule has 0 bridgehead atoms. The van der Waals surface area contributed by atoms with E-state index in [1.54, 1.807) is 41.6 Å². The second-order valence-corrected chi connectivity index (χ2v) is 26.5. The van der Waals surface area contributed by atoms with Crippen LogP contribution in [0.2, 0.25) is 0 Å². The molecule has 1 saturated heterocycles. The van der Waals surface area contributed by atoms with Crippen molar-refractivity contribution < 1.29 is 75.7 Å². The van der Waals surface area contributed by atoms with Gasteiger partial charge >= 0.3 is 5.97 Å². The van der Waals surface area contributed by atoms with E-state index in [2.05, 4.69) is 77.0 Å². The molecule has 466 valence electrons. The predicted molar refractivity (Wildman–Crippen MR) is 318 cm³/mol. The van der Waals surface area contributed by atoms with Gasteiger partial charge in [0.05, 0.1) is 31.1 Å². The Hall–Kier alpha value is -4.48. The number of benzene rings is 2. The Bertz CT molecular complexity index is 2950. The summed E-state index contributed by atoms with van der Waals surface area (Å²) in [5.74, 6) is -3.28. The number of carbonyl (C=O) groups excluding carboxylic acids is 3. The molecular weight excluding hydrogens is 1140 g/mol. The van der Waals surface area contributed by atoms with Gasteiger partial charge in [0.15, 0.2) is 5.71 Å². The Morgan fingerprint density at radius 2 is 1.13 bits per heavy atom. The number of rotatable bonds is 28. The topological polar surface area (TPSA) is 300 Å². The van der Waals surface area contributed by atoms with Crippen LogP contribution in [0.4, 0.5) is 11.4 Å². The molecule has 2 aromatic rings. The average molecular weight is 1230 g/mol. The molecule has 0 aromatic heterocycles. The van der Waals surface area contributed by atoms with Crippen LogP contribution in [-0.4, -0.2) is 183 Å². The molecule has 2 aromatic carbocycles. The molecule has 3 N–H and O–H groups in total. The molecule has 3 aliphatic heterocycles. The number of amides is 2. The molecule has 0 spiro atoms. The van der Waals surface area contributed by atoms with Crippen molar-refractivity contribution in [1.82, 2.24) is 19.8 Å². The van der Waals surface area contributed by atoms with Crippen LogP contribution in [0.15, 0.2) is 70.1 Å². The highest BCUT2D eigenvalue weighted by atomic mass is 32.2. The molecule has 22 nitrogen and oxygen atoms in total. The first-order valence-corrected chi connectivity index (χ1v) is 34.4. The molecule has 26 heteroatoms. The highest BCUT2D eigenvalue weighted by Gasteiger charge is 2.46. The molecule has 5 rings (SSSR count). The van der Waals surface area contributed by atoms with Gasteiger partial charge in [-0.3, -0.25) is 23.2 Å². The van der Waals surface area contributed by atoms with Gasteiger partial charge in [0, 0.05) is 72.5 Å². The van der Waals surface area contributed by atoms with Crippen molar-refractivity contribution >= 4 is 75.3 Å². The van der Waals surface area contributed by atoms with Gasteiger partial charge in [0.2, 0.25) is 5.69 Å². The van der Waals surface area contributed by atoms with Crippen molar-refractivity contribution in [2.24, 2.45) is 0 Å². The number of hydrogen-bond donors (Lipinski definition) is 3. The highest BCUT2D eigenvalue weighted by Crippen LogP contribution is 2.52. The molecular formula is C56H92N6O16S4. The van der Waals surface area contributed by atoms with Crippen molar-refractivity contribution in [3.63, 3.8) is 0 Å². The van der Waals surface area contributed by atoms with Crippen LogP contribution in [0.1, 0.15) is 152 Å². The first-order valence-electron chi connectivity index (χ1n) is 28.4. The minimum Gasteiger partial charge on any atom is -0.748 e. The van der Waals surface area contributed by atoms with E-state index >= 15 is 0 Å². The van der Waals surface area contributed by atoms with E-state index in [-0.39, 0.29) is 56.5 Å². The maximum Gasteiger partial charge on any atom is 0.333 e. The van der Waals surface area contributed by atoms with Crippen molar-refractivity contribution in [3.05, 3.63) is 71.5 Å². The number of hydroxylamine groups is 2. The van der Waals surface area contributed by atoms with E-state index < -0.39 is 85.5 Å². The highest BCUT2D eigenvalue weighted by molar-refractivity contribution is 7.86. The Kier molecular flexibility index (Phi) is 29.9. The summed E-state index contributed by atoms with van der Waals surface area (Å²) in [4.78, 5) is 49.2. The third-order valence-electron chi connectivity index (χ3n) is 15.0. The minimum absolute atomic E-state index is 0.0115. The van der Waals surface area contributed by atoms with Crippen molar-refractivity contribution in [1.29, 1.82) is 0 Å². The molecule has 0 radical (unpaired) electrons. The Labute approximate surface area is 489 Å². The lowest BCUT2D eigenvalue weighted by Crippen LogP contribution is -2.32. The fraction of sp³-hybridized carbons (Fsp3) is 0.643. The number of anilines is 1.